The van der Waals surface area contributed by atoms with Crippen molar-refractivity contribution in [2.24, 2.45) is 5.73 Å². The first kappa shape index (κ1) is 12.4. The predicted octanol–water partition coefficient (Wildman–Crippen LogP) is 1.98. The van der Waals surface area contributed by atoms with Crippen molar-refractivity contribution in [2.45, 2.75) is 13.0 Å². The van der Waals surface area contributed by atoms with E-state index in [0.717, 1.165) is 5.56 Å². The Morgan fingerprint density at radius 1 is 1.22 bits per heavy atom. The molecule has 0 amide bonds. The van der Waals surface area contributed by atoms with Crippen LogP contribution in [0.4, 0.5) is 4.39 Å². The lowest BCUT2D eigenvalue weighted by Gasteiger charge is -2.14. The molecule has 1 heterocycles. The molecular formula is C13H14FN3O. The van der Waals surface area contributed by atoms with E-state index in [4.69, 9.17) is 10.5 Å². The van der Waals surface area contributed by atoms with Crippen LogP contribution >= 0.6 is 0 Å². The number of methoxy groups -OCH3 is 1. The van der Waals surface area contributed by atoms with Crippen LogP contribution in [0.1, 0.15) is 22.9 Å². The molecule has 0 aliphatic carbocycles. The summed E-state index contributed by atoms with van der Waals surface area (Å²) in [6.45, 7) is 1.88. The molecule has 0 fully saturated rings. The van der Waals surface area contributed by atoms with Gasteiger partial charge in [-0.1, -0.05) is 6.07 Å². The van der Waals surface area contributed by atoms with Crippen molar-refractivity contribution in [1.29, 1.82) is 0 Å². The van der Waals surface area contributed by atoms with E-state index in [0.29, 0.717) is 17.1 Å². The highest BCUT2D eigenvalue weighted by Gasteiger charge is 2.14. The average molecular weight is 247 g/mol. The second-order valence-corrected chi connectivity index (χ2v) is 3.98. The predicted molar refractivity (Wildman–Crippen MR) is 65.8 cm³/mol. The van der Waals surface area contributed by atoms with Gasteiger partial charge in [-0.25, -0.2) is 4.39 Å². The van der Waals surface area contributed by atoms with Gasteiger partial charge in [-0.05, 0) is 36.2 Å². The van der Waals surface area contributed by atoms with Crippen molar-refractivity contribution in [3.05, 3.63) is 53.0 Å². The molecule has 18 heavy (non-hydrogen) atoms. The van der Waals surface area contributed by atoms with Gasteiger partial charge in [0.15, 0.2) is 0 Å². The minimum absolute atomic E-state index is 0.312. The summed E-state index contributed by atoms with van der Waals surface area (Å²) in [5.74, 6) is 0.106. The van der Waals surface area contributed by atoms with E-state index < -0.39 is 6.04 Å². The molecule has 0 spiro atoms. The molecule has 0 radical (unpaired) electrons. The molecule has 0 saturated carbocycles. The zero-order valence-electron chi connectivity index (χ0n) is 10.2. The minimum Gasteiger partial charge on any atom is -0.480 e. The lowest BCUT2D eigenvalue weighted by Crippen LogP contribution is -2.15. The Labute approximate surface area is 105 Å². The van der Waals surface area contributed by atoms with Gasteiger partial charge in [-0.3, -0.25) is 0 Å². The fourth-order valence-electron chi connectivity index (χ4n) is 1.71. The number of hydrogen-bond donors (Lipinski definition) is 1. The highest BCUT2D eigenvalue weighted by atomic mass is 19.1. The molecule has 1 aromatic heterocycles. The van der Waals surface area contributed by atoms with E-state index >= 15 is 0 Å². The maximum Gasteiger partial charge on any atom is 0.233 e. The number of rotatable bonds is 3. The third-order valence-electron chi connectivity index (χ3n) is 2.76. The van der Waals surface area contributed by atoms with Crippen LogP contribution in [0, 0.1) is 12.7 Å². The Bertz CT molecular complexity index is 542. The fourth-order valence-corrected chi connectivity index (χ4v) is 1.71. The number of nitrogens with zero attached hydrogens (tertiary/aromatic N) is 2. The van der Waals surface area contributed by atoms with Crippen molar-refractivity contribution >= 4 is 0 Å². The van der Waals surface area contributed by atoms with Crippen LogP contribution in [-0.4, -0.2) is 17.3 Å². The van der Waals surface area contributed by atoms with Crippen LogP contribution < -0.4 is 10.5 Å². The van der Waals surface area contributed by atoms with E-state index in [1.165, 1.54) is 19.2 Å². The summed E-state index contributed by atoms with van der Waals surface area (Å²) < 4.78 is 18.2. The smallest absolute Gasteiger partial charge is 0.233 e. The highest BCUT2D eigenvalue weighted by Crippen LogP contribution is 2.22. The normalized spacial score (nSPS) is 12.2. The summed E-state index contributed by atoms with van der Waals surface area (Å²) in [5.41, 5.74) is 8.26. The van der Waals surface area contributed by atoms with Gasteiger partial charge in [-0.15, -0.1) is 10.2 Å². The summed E-state index contributed by atoms with van der Waals surface area (Å²) in [5, 5.41) is 7.82. The molecule has 0 aliphatic heterocycles. The standard InChI is InChI=1S/C13H14FN3O/c1-8-3-4-9(14)7-10(8)13(15)11-5-6-12(18-2)17-16-11/h3-7,13H,15H2,1-2H3. The van der Waals surface area contributed by atoms with Gasteiger partial charge >= 0.3 is 0 Å². The summed E-state index contributed by atoms with van der Waals surface area (Å²) in [6, 6.07) is 7.43. The first-order valence-corrected chi connectivity index (χ1v) is 5.51. The molecule has 94 valence electrons. The molecule has 1 atom stereocenters. The average Bonchev–Trinajstić information content (AvgIpc) is 2.41. The first-order valence-electron chi connectivity index (χ1n) is 5.51. The van der Waals surface area contributed by atoms with Crippen molar-refractivity contribution < 1.29 is 9.13 Å². The lowest BCUT2D eigenvalue weighted by molar-refractivity contribution is 0.390. The maximum absolute atomic E-state index is 13.2. The van der Waals surface area contributed by atoms with Crippen LogP contribution in [-0.2, 0) is 0 Å². The monoisotopic (exact) mass is 247 g/mol. The Kier molecular flexibility index (Phi) is 3.53. The molecule has 2 aromatic rings. The van der Waals surface area contributed by atoms with Gasteiger partial charge in [0, 0.05) is 6.07 Å². The zero-order chi connectivity index (χ0) is 13.1. The summed E-state index contributed by atoms with van der Waals surface area (Å²) in [6.07, 6.45) is 0. The zero-order valence-corrected chi connectivity index (χ0v) is 10.2. The highest BCUT2D eigenvalue weighted by molar-refractivity contribution is 5.34. The minimum atomic E-state index is -0.501. The SMILES string of the molecule is COc1ccc(C(N)c2cc(F)ccc2C)nn1. The van der Waals surface area contributed by atoms with Gasteiger partial charge in [0.2, 0.25) is 5.88 Å². The number of aromatic nitrogens is 2. The molecule has 0 bridgehead atoms. The van der Waals surface area contributed by atoms with Crippen molar-refractivity contribution in [1.82, 2.24) is 10.2 Å². The Morgan fingerprint density at radius 3 is 2.61 bits per heavy atom. The number of hydrogen-bond acceptors (Lipinski definition) is 4. The third kappa shape index (κ3) is 2.46. The summed E-state index contributed by atoms with van der Waals surface area (Å²) in [7, 11) is 1.51. The van der Waals surface area contributed by atoms with E-state index in [1.807, 2.05) is 6.92 Å². The van der Waals surface area contributed by atoms with Gasteiger partial charge in [-0.2, -0.15) is 0 Å². The van der Waals surface area contributed by atoms with Crippen LogP contribution in [0.5, 0.6) is 5.88 Å². The van der Waals surface area contributed by atoms with Crippen molar-refractivity contribution in [3.63, 3.8) is 0 Å². The van der Waals surface area contributed by atoms with E-state index in [1.54, 1.807) is 18.2 Å². The third-order valence-corrected chi connectivity index (χ3v) is 2.76. The van der Waals surface area contributed by atoms with E-state index in [2.05, 4.69) is 10.2 Å². The largest absolute Gasteiger partial charge is 0.480 e. The van der Waals surface area contributed by atoms with Gasteiger partial charge in [0.1, 0.15) is 5.82 Å². The molecule has 0 aliphatic rings. The molecule has 1 aromatic carbocycles. The lowest BCUT2D eigenvalue weighted by atomic mass is 9.99. The Balaban J connectivity index is 2.34. The number of halogens is 1. The molecule has 0 saturated heterocycles. The van der Waals surface area contributed by atoms with Crippen molar-refractivity contribution in [3.8, 4) is 5.88 Å². The van der Waals surface area contributed by atoms with Crippen LogP contribution in [0.15, 0.2) is 30.3 Å². The molecule has 2 rings (SSSR count). The van der Waals surface area contributed by atoms with E-state index in [-0.39, 0.29) is 5.82 Å². The number of nitrogens with two attached hydrogens (primary N) is 1. The number of benzene rings is 1. The van der Waals surface area contributed by atoms with Gasteiger partial charge < -0.3 is 10.5 Å². The molecule has 5 heteroatoms. The summed E-state index contributed by atoms with van der Waals surface area (Å²) >= 11 is 0. The topological polar surface area (TPSA) is 61.0 Å². The summed E-state index contributed by atoms with van der Waals surface area (Å²) in [4.78, 5) is 0. The molecule has 2 N–H and O–H groups in total. The quantitative estimate of drug-likeness (QED) is 0.900. The van der Waals surface area contributed by atoms with Crippen LogP contribution in [0.2, 0.25) is 0 Å². The maximum atomic E-state index is 13.2. The number of aryl methyl sites for hydroxylation is 1. The first-order chi connectivity index (χ1) is 8.61. The van der Waals surface area contributed by atoms with Gasteiger partial charge in [0.25, 0.3) is 0 Å². The second kappa shape index (κ2) is 5.10. The van der Waals surface area contributed by atoms with Crippen molar-refractivity contribution in [2.75, 3.05) is 7.11 Å². The van der Waals surface area contributed by atoms with Crippen LogP contribution in [0.3, 0.4) is 0 Å². The fraction of sp³-hybridized carbons (Fsp3) is 0.231. The molecule has 1 unspecified atom stereocenters. The molecular weight excluding hydrogens is 233 g/mol. The Morgan fingerprint density at radius 2 is 2.00 bits per heavy atom. The van der Waals surface area contributed by atoms with Gasteiger partial charge in [0.05, 0.1) is 18.8 Å². The molecule has 4 nitrogen and oxygen atoms in total. The number of ether oxygens (including phenoxy) is 1. The Hall–Kier alpha value is -2.01. The van der Waals surface area contributed by atoms with E-state index in [9.17, 15) is 4.39 Å². The van der Waals surface area contributed by atoms with Crippen LogP contribution in [0.25, 0.3) is 0 Å². The second-order valence-electron chi connectivity index (χ2n) is 3.98.